The predicted octanol–water partition coefficient (Wildman–Crippen LogP) is 3.14. The Balaban J connectivity index is 1.65. The topological polar surface area (TPSA) is 84.9 Å². The Bertz CT molecular complexity index is 921. The zero-order valence-electron chi connectivity index (χ0n) is 16.6. The van der Waals surface area contributed by atoms with Gasteiger partial charge < -0.3 is 14.4 Å². The monoisotopic (exact) mass is 418 g/mol. The Morgan fingerprint density at radius 1 is 1.17 bits per heavy atom. The summed E-state index contributed by atoms with van der Waals surface area (Å²) in [7, 11) is -2.03. The number of nitrogens with one attached hydrogen (secondary N) is 1. The van der Waals surface area contributed by atoms with Gasteiger partial charge >= 0.3 is 0 Å². The molecular weight excluding hydrogens is 392 g/mol. The maximum absolute atomic E-state index is 12.6. The van der Waals surface area contributed by atoms with E-state index in [0.717, 1.165) is 19.4 Å². The van der Waals surface area contributed by atoms with Crippen LogP contribution in [0.15, 0.2) is 53.4 Å². The predicted molar refractivity (Wildman–Crippen MR) is 111 cm³/mol. The van der Waals surface area contributed by atoms with Crippen LogP contribution in [0.25, 0.3) is 0 Å². The molecule has 1 aliphatic heterocycles. The Morgan fingerprint density at radius 2 is 1.86 bits per heavy atom. The molecule has 1 N–H and O–H groups in total. The molecule has 0 aromatic heterocycles. The average molecular weight is 419 g/mol. The minimum Gasteiger partial charge on any atom is -0.494 e. The van der Waals surface area contributed by atoms with Crippen LogP contribution in [0, 0.1) is 0 Å². The zero-order chi connectivity index (χ0) is 20.9. The molecule has 2 aromatic rings. The molecular formula is C21H26N2O5S. The number of hydrogen-bond acceptors (Lipinski definition) is 5. The number of nitrogens with zero attached hydrogens (tertiary/aromatic N) is 1. The molecule has 0 aliphatic carbocycles. The third-order valence-electron chi connectivity index (χ3n) is 4.68. The zero-order valence-corrected chi connectivity index (χ0v) is 17.4. The van der Waals surface area contributed by atoms with Crippen LogP contribution in [0.3, 0.4) is 0 Å². The van der Waals surface area contributed by atoms with Crippen molar-refractivity contribution in [1.29, 1.82) is 0 Å². The number of carbonyl (C=O) groups excluding carboxylic acids is 1. The number of sulfonamides is 1. The highest BCUT2D eigenvalue weighted by Gasteiger charge is 2.21. The van der Waals surface area contributed by atoms with Crippen LogP contribution >= 0.6 is 0 Å². The van der Waals surface area contributed by atoms with Crippen molar-refractivity contribution in [1.82, 2.24) is 4.90 Å². The van der Waals surface area contributed by atoms with Crippen molar-refractivity contribution in [2.45, 2.75) is 30.8 Å². The molecule has 29 heavy (non-hydrogen) atoms. The molecule has 1 unspecified atom stereocenters. The number of rotatable bonds is 8. The van der Waals surface area contributed by atoms with E-state index < -0.39 is 10.0 Å². The van der Waals surface area contributed by atoms with Crippen molar-refractivity contribution < 1.29 is 22.7 Å². The summed E-state index contributed by atoms with van der Waals surface area (Å²) in [5, 5.41) is 0. The molecule has 3 rings (SSSR count). The maximum atomic E-state index is 12.6. The first-order valence-electron chi connectivity index (χ1n) is 9.62. The summed E-state index contributed by atoms with van der Waals surface area (Å²) in [6.07, 6.45) is 2.04. The normalized spacial score (nSPS) is 16.4. The van der Waals surface area contributed by atoms with Gasteiger partial charge in [-0.1, -0.05) is 0 Å². The third kappa shape index (κ3) is 5.48. The minimum absolute atomic E-state index is 0.0712. The molecule has 1 heterocycles. The van der Waals surface area contributed by atoms with Crippen molar-refractivity contribution in [2.24, 2.45) is 0 Å². The van der Waals surface area contributed by atoms with Gasteiger partial charge in [-0.05, 0) is 68.3 Å². The van der Waals surface area contributed by atoms with Gasteiger partial charge in [-0.15, -0.1) is 0 Å². The van der Waals surface area contributed by atoms with Crippen LogP contribution < -0.4 is 9.46 Å². The second kappa shape index (κ2) is 9.28. The van der Waals surface area contributed by atoms with Gasteiger partial charge in [0.15, 0.2) is 0 Å². The van der Waals surface area contributed by atoms with Gasteiger partial charge in [0, 0.05) is 31.5 Å². The van der Waals surface area contributed by atoms with E-state index in [1.165, 1.54) is 24.3 Å². The number of hydrogen-bond donors (Lipinski definition) is 1. The number of amides is 1. The minimum atomic E-state index is -3.76. The smallest absolute Gasteiger partial charge is 0.261 e. The molecule has 1 amide bonds. The fraction of sp³-hybridized carbons (Fsp3) is 0.381. The summed E-state index contributed by atoms with van der Waals surface area (Å²) in [6.45, 7) is 3.68. The molecule has 1 fully saturated rings. The summed E-state index contributed by atoms with van der Waals surface area (Å²) in [5.41, 5.74) is 0.871. The van der Waals surface area contributed by atoms with Crippen molar-refractivity contribution in [2.75, 3.05) is 31.5 Å². The molecule has 0 radical (unpaired) electrons. The second-order valence-electron chi connectivity index (χ2n) is 6.91. The average Bonchev–Trinajstić information content (AvgIpc) is 3.22. The van der Waals surface area contributed by atoms with Gasteiger partial charge in [0.2, 0.25) is 0 Å². The van der Waals surface area contributed by atoms with Crippen LogP contribution in [-0.4, -0.2) is 52.1 Å². The molecule has 8 heteroatoms. The SMILES string of the molecule is CCOc1ccc(NS(=O)(=O)c2ccc(C(=O)N(C)CC3CCCO3)cc2)cc1. The van der Waals surface area contributed by atoms with E-state index in [4.69, 9.17) is 9.47 Å². The summed E-state index contributed by atoms with van der Waals surface area (Å²) < 4.78 is 38.6. The van der Waals surface area contributed by atoms with Crippen LogP contribution in [0.4, 0.5) is 5.69 Å². The van der Waals surface area contributed by atoms with Gasteiger partial charge in [0.05, 0.1) is 17.6 Å². The van der Waals surface area contributed by atoms with E-state index in [0.29, 0.717) is 30.2 Å². The largest absolute Gasteiger partial charge is 0.494 e. The first-order valence-corrected chi connectivity index (χ1v) is 11.1. The van der Waals surface area contributed by atoms with E-state index in [2.05, 4.69) is 4.72 Å². The summed E-state index contributed by atoms with van der Waals surface area (Å²) in [6, 6.07) is 12.6. The maximum Gasteiger partial charge on any atom is 0.261 e. The number of likely N-dealkylation sites (N-methyl/N-ethyl adjacent to an activating group) is 1. The highest BCUT2D eigenvalue weighted by molar-refractivity contribution is 7.92. The molecule has 1 aliphatic rings. The van der Waals surface area contributed by atoms with Crippen molar-refractivity contribution >= 4 is 21.6 Å². The Labute approximate surface area is 171 Å². The first kappa shape index (κ1) is 21.1. The second-order valence-corrected chi connectivity index (χ2v) is 8.59. The van der Waals surface area contributed by atoms with Crippen molar-refractivity contribution in [3.8, 4) is 5.75 Å². The van der Waals surface area contributed by atoms with Gasteiger partial charge in [0.1, 0.15) is 5.75 Å². The lowest BCUT2D eigenvalue weighted by Gasteiger charge is -2.21. The molecule has 0 spiro atoms. The van der Waals surface area contributed by atoms with Gasteiger partial charge in [-0.2, -0.15) is 0 Å². The van der Waals surface area contributed by atoms with Crippen molar-refractivity contribution in [3.05, 3.63) is 54.1 Å². The molecule has 156 valence electrons. The van der Waals surface area contributed by atoms with Crippen molar-refractivity contribution in [3.63, 3.8) is 0 Å². The van der Waals surface area contributed by atoms with E-state index in [1.807, 2.05) is 6.92 Å². The van der Waals surface area contributed by atoms with Crippen LogP contribution in [0.5, 0.6) is 5.75 Å². The number of ether oxygens (including phenoxy) is 2. The Morgan fingerprint density at radius 3 is 2.45 bits per heavy atom. The lowest BCUT2D eigenvalue weighted by atomic mass is 10.2. The molecule has 1 atom stereocenters. The van der Waals surface area contributed by atoms with E-state index in [9.17, 15) is 13.2 Å². The Kier molecular flexibility index (Phi) is 6.76. The standard InChI is InChI=1S/C21H26N2O5S/c1-3-27-18-10-8-17(9-11-18)22-29(25,26)20-12-6-16(7-13-20)21(24)23(2)15-19-5-4-14-28-19/h6-13,19,22H,3-5,14-15H2,1-2H3. The highest BCUT2D eigenvalue weighted by atomic mass is 32.2. The molecule has 0 saturated carbocycles. The lowest BCUT2D eigenvalue weighted by Crippen LogP contribution is -2.34. The molecule has 2 aromatic carbocycles. The quantitative estimate of drug-likeness (QED) is 0.712. The van der Waals surface area contributed by atoms with Crippen LogP contribution in [0.2, 0.25) is 0 Å². The number of carbonyl (C=O) groups is 1. The van der Waals surface area contributed by atoms with Gasteiger partial charge in [-0.3, -0.25) is 9.52 Å². The lowest BCUT2D eigenvalue weighted by molar-refractivity contribution is 0.0587. The number of benzene rings is 2. The van der Waals surface area contributed by atoms with Gasteiger partial charge in [0.25, 0.3) is 15.9 Å². The van der Waals surface area contributed by atoms with Gasteiger partial charge in [-0.25, -0.2) is 8.42 Å². The van der Waals surface area contributed by atoms with Crippen LogP contribution in [0.1, 0.15) is 30.1 Å². The van der Waals surface area contributed by atoms with E-state index >= 15 is 0 Å². The fourth-order valence-corrected chi connectivity index (χ4v) is 4.23. The molecule has 0 bridgehead atoms. The summed E-state index contributed by atoms with van der Waals surface area (Å²) in [4.78, 5) is 14.3. The highest BCUT2D eigenvalue weighted by Crippen LogP contribution is 2.20. The van der Waals surface area contributed by atoms with E-state index in [-0.39, 0.29) is 16.9 Å². The third-order valence-corrected chi connectivity index (χ3v) is 6.07. The molecule has 7 nitrogen and oxygen atoms in total. The number of anilines is 1. The molecule has 1 saturated heterocycles. The Hall–Kier alpha value is -2.58. The van der Waals surface area contributed by atoms with Crippen LogP contribution in [-0.2, 0) is 14.8 Å². The summed E-state index contributed by atoms with van der Waals surface area (Å²) in [5.74, 6) is 0.509. The van der Waals surface area contributed by atoms with E-state index in [1.54, 1.807) is 36.2 Å². The first-order chi connectivity index (χ1) is 13.9. The summed E-state index contributed by atoms with van der Waals surface area (Å²) >= 11 is 0. The fourth-order valence-electron chi connectivity index (χ4n) is 3.17.